The Morgan fingerprint density at radius 1 is 1.31 bits per heavy atom. The second-order valence-electron chi connectivity index (χ2n) is 3.14. The van der Waals surface area contributed by atoms with Gasteiger partial charge >= 0.3 is 0 Å². The lowest BCUT2D eigenvalue weighted by Crippen LogP contribution is -2.11. The highest BCUT2D eigenvalue weighted by molar-refractivity contribution is 5.44. The smallest absolute Gasteiger partial charge is 0.0416 e. The van der Waals surface area contributed by atoms with Crippen LogP contribution in [0.5, 0.6) is 0 Å². The maximum atomic E-state index is 3.39. The molecule has 0 bridgehead atoms. The number of hydrogen-bond donors (Lipinski definition) is 1. The highest BCUT2D eigenvalue weighted by Gasteiger charge is 1.94. The molecule has 1 aromatic rings. The van der Waals surface area contributed by atoms with Crippen LogP contribution in [0, 0.1) is 0 Å². The Hall–Kier alpha value is -1.24. The zero-order valence-electron chi connectivity index (χ0n) is 8.33. The van der Waals surface area contributed by atoms with E-state index in [1.807, 2.05) is 18.2 Å². The Kier molecular flexibility index (Phi) is 4.10. The molecule has 0 aromatic heterocycles. The summed E-state index contributed by atoms with van der Waals surface area (Å²) < 4.78 is 0. The van der Waals surface area contributed by atoms with E-state index >= 15 is 0 Å². The lowest BCUT2D eigenvalue weighted by molar-refractivity contribution is 0.986. The van der Waals surface area contributed by atoms with Gasteiger partial charge in [-0.1, -0.05) is 37.3 Å². The summed E-state index contributed by atoms with van der Waals surface area (Å²) in [6, 6.07) is 10.7. The van der Waals surface area contributed by atoms with Crippen LogP contribution in [0.4, 0.5) is 5.69 Å². The number of anilines is 1. The first-order chi connectivity index (χ1) is 6.33. The van der Waals surface area contributed by atoms with E-state index < -0.39 is 0 Å². The van der Waals surface area contributed by atoms with Crippen molar-refractivity contribution in [3.63, 3.8) is 0 Å². The zero-order chi connectivity index (χ0) is 9.52. The Morgan fingerprint density at radius 3 is 2.62 bits per heavy atom. The van der Waals surface area contributed by atoms with Gasteiger partial charge in [0.25, 0.3) is 0 Å². The molecule has 1 N–H and O–H groups in total. The Balaban J connectivity index is 2.45. The molecule has 0 aliphatic rings. The van der Waals surface area contributed by atoms with Crippen molar-refractivity contribution in [2.45, 2.75) is 26.3 Å². The molecule has 0 radical (unpaired) electrons. The van der Waals surface area contributed by atoms with Crippen LogP contribution >= 0.6 is 0 Å². The number of allylic oxidation sites excluding steroid dienone is 1. The fourth-order valence-corrected chi connectivity index (χ4v) is 1.19. The summed E-state index contributed by atoms with van der Waals surface area (Å²) in [5.74, 6) is 0. The summed E-state index contributed by atoms with van der Waals surface area (Å²) in [5.41, 5.74) is 1.18. The van der Waals surface area contributed by atoms with Gasteiger partial charge in [-0.05, 0) is 25.5 Å². The van der Waals surface area contributed by atoms with E-state index in [4.69, 9.17) is 0 Å². The predicted octanol–water partition coefficient (Wildman–Crippen LogP) is 3.45. The molecular formula is C12H17N. The highest BCUT2D eigenvalue weighted by Crippen LogP contribution is 2.07. The van der Waals surface area contributed by atoms with E-state index in [9.17, 15) is 0 Å². The second-order valence-corrected chi connectivity index (χ2v) is 3.14. The van der Waals surface area contributed by atoms with Gasteiger partial charge in [0, 0.05) is 11.7 Å². The molecule has 0 aliphatic carbocycles. The van der Waals surface area contributed by atoms with E-state index in [1.165, 1.54) is 5.69 Å². The van der Waals surface area contributed by atoms with E-state index in [1.54, 1.807) is 0 Å². The molecule has 1 aromatic carbocycles. The standard InChI is InChI=1S/C12H17N/c1-3-4-8-11(2)13-12-9-6-5-7-10-12/h4-11,13H,3H2,1-2H3. The van der Waals surface area contributed by atoms with Gasteiger partial charge in [-0.25, -0.2) is 0 Å². The molecule has 0 aliphatic heterocycles. The molecule has 13 heavy (non-hydrogen) atoms. The molecule has 0 saturated carbocycles. The van der Waals surface area contributed by atoms with Gasteiger partial charge in [-0.3, -0.25) is 0 Å². The summed E-state index contributed by atoms with van der Waals surface area (Å²) in [6.45, 7) is 4.30. The fraction of sp³-hybridized carbons (Fsp3) is 0.333. The molecule has 70 valence electrons. The number of nitrogens with one attached hydrogen (secondary N) is 1. The molecule has 1 nitrogen and oxygen atoms in total. The Labute approximate surface area is 80.5 Å². The van der Waals surface area contributed by atoms with Crippen LogP contribution in [0.15, 0.2) is 42.5 Å². The number of para-hydroxylation sites is 1. The molecule has 1 unspecified atom stereocenters. The summed E-state index contributed by atoms with van der Waals surface area (Å²) in [6.07, 6.45) is 5.47. The topological polar surface area (TPSA) is 12.0 Å². The van der Waals surface area contributed by atoms with E-state index in [2.05, 4.69) is 43.4 Å². The van der Waals surface area contributed by atoms with Crippen LogP contribution in [-0.4, -0.2) is 6.04 Å². The van der Waals surface area contributed by atoms with E-state index in [0.29, 0.717) is 6.04 Å². The first kappa shape index (κ1) is 9.85. The molecule has 1 rings (SSSR count). The fourth-order valence-electron chi connectivity index (χ4n) is 1.19. The third-order valence-electron chi connectivity index (χ3n) is 1.83. The third kappa shape index (κ3) is 3.79. The average Bonchev–Trinajstić information content (AvgIpc) is 2.16. The van der Waals surface area contributed by atoms with Crippen molar-refractivity contribution >= 4 is 5.69 Å². The molecular weight excluding hydrogens is 158 g/mol. The molecule has 0 spiro atoms. The summed E-state index contributed by atoms with van der Waals surface area (Å²) >= 11 is 0. The van der Waals surface area contributed by atoms with Crippen LogP contribution in [0.25, 0.3) is 0 Å². The molecule has 1 heteroatoms. The van der Waals surface area contributed by atoms with E-state index in [-0.39, 0.29) is 0 Å². The van der Waals surface area contributed by atoms with Crippen LogP contribution in [0.3, 0.4) is 0 Å². The van der Waals surface area contributed by atoms with Crippen molar-refractivity contribution in [2.24, 2.45) is 0 Å². The van der Waals surface area contributed by atoms with Crippen molar-refractivity contribution in [1.82, 2.24) is 0 Å². The number of rotatable bonds is 4. The second kappa shape index (κ2) is 5.41. The van der Waals surface area contributed by atoms with Crippen LogP contribution in [0.1, 0.15) is 20.3 Å². The average molecular weight is 175 g/mol. The normalized spacial score (nSPS) is 13.1. The van der Waals surface area contributed by atoms with Crippen molar-refractivity contribution in [2.75, 3.05) is 5.32 Å². The molecule has 0 saturated heterocycles. The van der Waals surface area contributed by atoms with Gasteiger partial charge in [0.05, 0.1) is 0 Å². The van der Waals surface area contributed by atoms with Crippen LogP contribution in [-0.2, 0) is 0 Å². The monoisotopic (exact) mass is 175 g/mol. The Bertz CT molecular complexity index is 251. The lowest BCUT2D eigenvalue weighted by Gasteiger charge is -2.10. The van der Waals surface area contributed by atoms with Gasteiger partial charge in [-0.2, -0.15) is 0 Å². The van der Waals surface area contributed by atoms with Crippen LogP contribution < -0.4 is 5.32 Å². The predicted molar refractivity (Wildman–Crippen MR) is 59.0 cm³/mol. The quantitative estimate of drug-likeness (QED) is 0.691. The largest absolute Gasteiger partial charge is 0.379 e. The minimum atomic E-state index is 0.405. The minimum absolute atomic E-state index is 0.405. The first-order valence-electron chi connectivity index (χ1n) is 4.81. The molecule has 0 amide bonds. The minimum Gasteiger partial charge on any atom is -0.379 e. The highest BCUT2D eigenvalue weighted by atomic mass is 14.9. The summed E-state index contributed by atoms with van der Waals surface area (Å²) in [4.78, 5) is 0. The summed E-state index contributed by atoms with van der Waals surface area (Å²) in [5, 5.41) is 3.39. The SMILES string of the molecule is CCC=CC(C)Nc1ccccc1. The van der Waals surface area contributed by atoms with Gasteiger partial charge in [0.15, 0.2) is 0 Å². The lowest BCUT2D eigenvalue weighted by atomic mass is 10.2. The number of hydrogen-bond acceptors (Lipinski definition) is 1. The van der Waals surface area contributed by atoms with Crippen molar-refractivity contribution < 1.29 is 0 Å². The zero-order valence-corrected chi connectivity index (χ0v) is 8.33. The van der Waals surface area contributed by atoms with Crippen LogP contribution in [0.2, 0.25) is 0 Å². The number of benzene rings is 1. The van der Waals surface area contributed by atoms with Crippen molar-refractivity contribution in [3.05, 3.63) is 42.5 Å². The van der Waals surface area contributed by atoms with Crippen molar-refractivity contribution in [1.29, 1.82) is 0 Å². The summed E-state index contributed by atoms with van der Waals surface area (Å²) in [7, 11) is 0. The first-order valence-corrected chi connectivity index (χ1v) is 4.81. The molecule has 0 fully saturated rings. The third-order valence-corrected chi connectivity index (χ3v) is 1.83. The molecule has 1 atom stereocenters. The Morgan fingerprint density at radius 2 is 2.00 bits per heavy atom. The van der Waals surface area contributed by atoms with Gasteiger partial charge in [-0.15, -0.1) is 0 Å². The van der Waals surface area contributed by atoms with Gasteiger partial charge < -0.3 is 5.32 Å². The van der Waals surface area contributed by atoms with Crippen molar-refractivity contribution in [3.8, 4) is 0 Å². The molecule has 0 heterocycles. The maximum absolute atomic E-state index is 3.39. The van der Waals surface area contributed by atoms with Gasteiger partial charge in [0.1, 0.15) is 0 Å². The van der Waals surface area contributed by atoms with E-state index in [0.717, 1.165) is 6.42 Å². The maximum Gasteiger partial charge on any atom is 0.0416 e. The van der Waals surface area contributed by atoms with Gasteiger partial charge in [0.2, 0.25) is 0 Å².